The fourth-order valence-electron chi connectivity index (χ4n) is 2.98. The molecular weight excluding hydrogens is 419 g/mol. The molecule has 11 heteroatoms. The number of alkyl halides is 3. The number of pyridine rings is 1. The minimum absolute atomic E-state index is 0.168. The Kier molecular flexibility index (Phi) is 4.90. The first-order valence-electron chi connectivity index (χ1n) is 8.67. The number of carbonyl (C=O) groups excluding carboxylic acids is 2. The van der Waals surface area contributed by atoms with Crippen LogP contribution < -0.4 is 15.1 Å². The Labute approximate surface area is 172 Å². The van der Waals surface area contributed by atoms with Crippen molar-refractivity contribution < 1.29 is 22.8 Å². The lowest BCUT2D eigenvalue weighted by atomic mass is 10.1. The Bertz CT molecular complexity index is 1120. The third-order valence-corrected chi connectivity index (χ3v) is 5.20. The molecule has 3 aromatic rings. The van der Waals surface area contributed by atoms with Gasteiger partial charge in [-0.15, -0.1) is 11.3 Å². The van der Waals surface area contributed by atoms with E-state index in [0.717, 1.165) is 17.0 Å². The first-order valence-corrected chi connectivity index (χ1v) is 9.55. The van der Waals surface area contributed by atoms with E-state index in [0.29, 0.717) is 10.8 Å². The van der Waals surface area contributed by atoms with Gasteiger partial charge in [0.25, 0.3) is 0 Å². The Morgan fingerprint density at radius 2 is 2.03 bits per heavy atom. The van der Waals surface area contributed by atoms with Gasteiger partial charge in [0, 0.05) is 24.2 Å². The number of likely N-dealkylation sites (N-methyl/N-ethyl adjacent to an activating group) is 1. The van der Waals surface area contributed by atoms with Crippen molar-refractivity contribution in [1.82, 2.24) is 9.97 Å². The molecular formula is C19H14F3N5O2S. The van der Waals surface area contributed by atoms with Crippen molar-refractivity contribution in [2.45, 2.75) is 6.18 Å². The van der Waals surface area contributed by atoms with Gasteiger partial charge in [0.15, 0.2) is 10.9 Å². The lowest BCUT2D eigenvalue weighted by molar-refractivity contribution is -0.137. The monoisotopic (exact) mass is 433 g/mol. The lowest BCUT2D eigenvalue weighted by Crippen LogP contribution is -2.48. The van der Waals surface area contributed by atoms with Gasteiger partial charge in [0.2, 0.25) is 5.91 Å². The van der Waals surface area contributed by atoms with Crippen LogP contribution in [0, 0.1) is 0 Å². The fourth-order valence-corrected chi connectivity index (χ4v) is 3.50. The van der Waals surface area contributed by atoms with Crippen molar-refractivity contribution >= 4 is 39.9 Å². The fraction of sp³-hybridized carbons (Fsp3) is 0.158. The smallest absolute Gasteiger partial charge is 0.311 e. The van der Waals surface area contributed by atoms with Gasteiger partial charge in [-0.2, -0.15) is 13.2 Å². The van der Waals surface area contributed by atoms with Crippen LogP contribution in [0.2, 0.25) is 0 Å². The number of carbonyl (C=O) groups is 2. The number of rotatable bonds is 2. The van der Waals surface area contributed by atoms with Gasteiger partial charge >= 0.3 is 12.2 Å². The van der Waals surface area contributed by atoms with Crippen molar-refractivity contribution in [1.29, 1.82) is 0 Å². The highest BCUT2D eigenvalue weighted by molar-refractivity contribution is 7.13. The molecule has 0 radical (unpaired) electrons. The zero-order valence-electron chi connectivity index (χ0n) is 15.5. The SMILES string of the molecule is CN1C(=O)CN(C(=O)Nc2nccs2)c2nc(-c3cccc(C(F)(F)F)c3)ccc21. The number of nitrogens with zero attached hydrogens (tertiary/aromatic N) is 4. The van der Waals surface area contributed by atoms with E-state index in [1.54, 1.807) is 18.5 Å². The Hall–Kier alpha value is -3.47. The summed E-state index contributed by atoms with van der Waals surface area (Å²) in [5.74, 6) is -0.161. The van der Waals surface area contributed by atoms with Crippen LogP contribution in [0.15, 0.2) is 48.0 Å². The number of aromatic nitrogens is 2. The number of fused-ring (bicyclic) bond motifs is 1. The summed E-state index contributed by atoms with van der Waals surface area (Å²) < 4.78 is 39.2. The van der Waals surface area contributed by atoms with Crippen LogP contribution in [0.4, 0.5) is 34.6 Å². The number of thiazole rings is 1. The third-order valence-electron chi connectivity index (χ3n) is 4.52. The number of benzene rings is 1. The highest BCUT2D eigenvalue weighted by atomic mass is 32.1. The highest BCUT2D eigenvalue weighted by Crippen LogP contribution is 2.36. The number of halogens is 3. The normalized spacial score (nSPS) is 13.9. The minimum Gasteiger partial charge on any atom is -0.311 e. The molecule has 1 N–H and O–H groups in total. The van der Waals surface area contributed by atoms with E-state index in [1.807, 2.05) is 0 Å². The van der Waals surface area contributed by atoms with Crippen molar-refractivity contribution in [3.05, 3.63) is 53.5 Å². The maximum Gasteiger partial charge on any atom is 0.416 e. The number of amides is 3. The summed E-state index contributed by atoms with van der Waals surface area (Å²) in [5.41, 5.74) is 0.0588. The molecule has 2 aromatic heterocycles. The molecule has 0 unspecified atom stereocenters. The minimum atomic E-state index is -4.49. The molecule has 4 rings (SSSR count). The summed E-state index contributed by atoms with van der Waals surface area (Å²) in [7, 11) is 1.54. The molecule has 1 aromatic carbocycles. The van der Waals surface area contributed by atoms with E-state index < -0.39 is 17.8 Å². The second-order valence-corrected chi connectivity index (χ2v) is 7.32. The molecule has 0 saturated carbocycles. The number of anilines is 3. The van der Waals surface area contributed by atoms with Crippen LogP contribution in [0.3, 0.4) is 0 Å². The van der Waals surface area contributed by atoms with Crippen LogP contribution in [-0.2, 0) is 11.0 Å². The molecule has 0 spiro atoms. The number of nitrogens with one attached hydrogen (secondary N) is 1. The molecule has 3 amide bonds. The molecule has 0 atom stereocenters. The Morgan fingerprint density at radius 3 is 2.73 bits per heavy atom. The molecule has 1 aliphatic rings. The summed E-state index contributed by atoms with van der Waals surface area (Å²) in [6.07, 6.45) is -2.97. The zero-order valence-corrected chi connectivity index (χ0v) is 16.3. The predicted octanol–water partition coefficient (Wildman–Crippen LogP) is 4.24. The molecule has 7 nitrogen and oxygen atoms in total. The lowest BCUT2D eigenvalue weighted by Gasteiger charge is -2.33. The Balaban J connectivity index is 1.74. The van der Waals surface area contributed by atoms with Gasteiger partial charge in [0.1, 0.15) is 6.54 Å². The van der Waals surface area contributed by atoms with Crippen molar-refractivity contribution in [3.8, 4) is 11.3 Å². The zero-order chi connectivity index (χ0) is 21.5. The molecule has 3 heterocycles. The first kappa shape index (κ1) is 19.8. The van der Waals surface area contributed by atoms with Crippen LogP contribution in [-0.4, -0.2) is 35.5 Å². The second-order valence-electron chi connectivity index (χ2n) is 6.42. The van der Waals surface area contributed by atoms with Gasteiger partial charge in [-0.3, -0.25) is 15.0 Å². The largest absolute Gasteiger partial charge is 0.416 e. The third kappa shape index (κ3) is 3.71. The maximum atomic E-state index is 13.1. The van der Waals surface area contributed by atoms with Gasteiger partial charge in [-0.05, 0) is 24.3 Å². The van der Waals surface area contributed by atoms with Gasteiger partial charge in [-0.1, -0.05) is 12.1 Å². The van der Waals surface area contributed by atoms with E-state index >= 15 is 0 Å². The number of urea groups is 1. The summed E-state index contributed by atoms with van der Waals surface area (Å²) >= 11 is 1.21. The summed E-state index contributed by atoms with van der Waals surface area (Å²) in [4.78, 5) is 35.9. The molecule has 1 aliphatic heterocycles. The molecule has 30 heavy (non-hydrogen) atoms. The average molecular weight is 433 g/mol. The van der Waals surface area contributed by atoms with Gasteiger partial charge < -0.3 is 4.90 Å². The number of hydrogen-bond donors (Lipinski definition) is 1. The molecule has 154 valence electrons. The molecule has 0 fully saturated rings. The van der Waals surface area contributed by atoms with Crippen molar-refractivity contribution in [2.24, 2.45) is 0 Å². The van der Waals surface area contributed by atoms with Crippen LogP contribution >= 0.6 is 11.3 Å². The van der Waals surface area contributed by atoms with Crippen LogP contribution in [0.25, 0.3) is 11.3 Å². The van der Waals surface area contributed by atoms with E-state index in [4.69, 9.17) is 0 Å². The van der Waals surface area contributed by atoms with Crippen molar-refractivity contribution in [2.75, 3.05) is 28.7 Å². The van der Waals surface area contributed by atoms with Crippen LogP contribution in [0.5, 0.6) is 0 Å². The van der Waals surface area contributed by atoms with Gasteiger partial charge in [0.05, 0.1) is 16.9 Å². The summed E-state index contributed by atoms with van der Waals surface area (Å²) in [5, 5.41) is 4.62. The Morgan fingerprint density at radius 1 is 1.23 bits per heavy atom. The quantitative estimate of drug-likeness (QED) is 0.656. The van der Waals surface area contributed by atoms with E-state index in [-0.39, 0.29) is 29.5 Å². The first-order chi connectivity index (χ1) is 14.2. The second kappa shape index (κ2) is 7.41. The van der Waals surface area contributed by atoms with Gasteiger partial charge in [-0.25, -0.2) is 14.8 Å². The molecule has 0 aliphatic carbocycles. The standard InChI is InChI=1S/C19H14F3N5O2S/c1-26-14-6-5-13(11-3-2-4-12(9-11)19(20,21)22)24-16(14)27(10-15(26)28)18(29)25-17-23-7-8-30-17/h2-9H,10H2,1H3,(H,23,25,29). The predicted molar refractivity (Wildman–Crippen MR) is 107 cm³/mol. The summed E-state index contributed by atoms with van der Waals surface area (Å²) in [6.45, 7) is -0.264. The average Bonchev–Trinajstić information content (AvgIpc) is 3.22. The molecule has 0 saturated heterocycles. The van der Waals surface area contributed by atoms with E-state index in [1.165, 1.54) is 40.6 Å². The number of hydrogen-bond acceptors (Lipinski definition) is 5. The van der Waals surface area contributed by atoms with Crippen molar-refractivity contribution in [3.63, 3.8) is 0 Å². The molecule has 0 bridgehead atoms. The maximum absolute atomic E-state index is 13.1. The highest BCUT2D eigenvalue weighted by Gasteiger charge is 2.33. The van der Waals surface area contributed by atoms with E-state index in [2.05, 4.69) is 15.3 Å². The van der Waals surface area contributed by atoms with E-state index in [9.17, 15) is 22.8 Å². The topological polar surface area (TPSA) is 78.4 Å². The summed E-state index contributed by atoms with van der Waals surface area (Å²) in [6, 6.07) is 7.22. The van der Waals surface area contributed by atoms with Crippen LogP contribution in [0.1, 0.15) is 5.56 Å².